The summed E-state index contributed by atoms with van der Waals surface area (Å²) in [6, 6.07) is 9.44. The van der Waals surface area contributed by atoms with E-state index in [9.17, 15) is 9.59 Å². The second-order valence-electron chi connectivity index (χ2n) is 7.47. The Morgan fingerprint density at radius 1 is 1.17 bits per heavy atom. The lowest BCUT2D eigenvalue weighted by Gasteiger charge is -2.51. The Kier molecular flexibility index (Phi) is 4.17. The third kappa shape index (κ3) is 2.57. The van der Waals surface area contributed by atoms with Crippen LogP contribution in [0.15, 0.2) is 30.3 Å². The molecule has 0 N–H and O–H groups in total. The Morgan fingerprint density at radius 3 is 2.83 bits per heavy atom. The monoisotopic (exact) mass is 327 g/mol. The highest BCUT2D eigenvalue weighted by Crippen LogP contribution is 2.50. The molecule has 0 bridgehead atoms. The molecular weight excluding hydrogens is 302 g/mol. The number of Topliss-reactive ketones (excluding diaryl/α,β-unsaturated/α-hetero) is 1. The number of hydrogen-bond acceptors (Lipinski definition) is 4. The van der Waals surface area contributed by atoms with E-state index >= 15 is 0 Å². The van der Waals surface area contributed by atoms with Gasteiger partial charge in [0.25, 0.3) is 0 Å². The number of piperidine rings is 1. The molecule has 2 aliphatic heterocycles. The van der Waals surface area contributed by atoms with Gasteiger partial charge in [0, 0.05) is 30.5 Å². The van der Waals surface area contributed by atoms with E-state index in [1.165, 1.54) is 12.8 Å². The summed E-state index contributed by atoms with van der Waals surface area (Å²) in [5.74, 6) is 0.438. The molecule has 1 saturated carbocycles. The zero-order valence-electron chi connectivity index (χ0n) is 14.1. The molecule has 4 heteroatoms. The van der Waals surface area contributed by atoms with Crippen LogP contribution in [0, 0.1) is 5.92 Å². The third-order valence-corrected chi connectivity index (χ3v) is 6.33. The first-order valence-corrected chi connectivity index (χ1v) is 9.22. The second-order valence-corrected chi connectivity index (χ2v) is 7.47. The normalized spacial score (nSPS) is 32.9. The number of nitrogens with zero attached hydrogens (tertiary/aromatic N) is 1. The maximum absolute atomic E-state index is 12.4. The molecule has 4 rings (SSSR count). The van der Waals surface area contributed by atoms with Crippen molar-refractivity contribution in [1.82, 2.24) is 4.90 Å². The lowest BCUT2D eigenvalue weighted by molar-refractivity contribution is -0.137. The van der Waals surface area contributed by atoms with Crippen LogP contribution in [-0.2, 0) is 9.53 Å². The molecule has 3 atom stereocenters. The van der Waals surface area contributed by atoms with Crippen molar-refractivity contribution in [3.05, 3.63) is 35.9 Å². The van der Waals surface area contributed by atoms with E-state index < -0.39 is 0 Å². The van der Waals surface area contributed by atoms with Crippen LogP contribution in [0.2, 0.25) is 0 Å². The molecule has 0 aromatic heterocycles. The van der Waals surface area contributed by atoms with E-state index in [1.54, 1.807) is 12.1 Å². The largest absolute Gasteiger partial charge is 0.460 e. The average Bonchev–Trinajstić information content (AvgIpc) is 2.98. The lowest BCUT2D eigenvalue weighted by Crippen LogP contribution is -2.60. The Hall–Kier alpha value is -1.68. The van der Waals surface area contributed by atoms with Gasteiger partial charge in [0.05, 0.1) is 5.56 Å². The molecule has 1 aliphatic carbocycles. The van der Waals surface area contributed by atoms with E-state index in [4.69, 9.17) is 4.74 Å². The first-order chi connectivity index (χ1) is 11.7. The van der Waals surface area contributed by atoms with Gasteiger partial charge in [-0.3, -0.25) is 9.69 Å². The molecule has 1 spiro atoms. The van der Waals surface area contributed by atoms with Gasteiger partial charge in [0.2, 0.25) is 0 Å². The summed E-state index contributed by atoms with van der Waals surface area (Å²) in [7, 11) is 0. The minimum Gasteiger partial charge on any atom is -0.460 e. The number of ketones is 1. The van der Waals surface area contributed by atoms with Gasteiger partial charge in [-0.2, -0.15) is 0 Å². The lowest BCUT2D eigenvalue weighted by atomic mass is 9.67. The van der Waals surface area contributed by atoms with Crippen LogP contribution < -0.4 is 0 Å². The number of esters is 1. The summed E-state index contributed by atoms with van der Waals surface area (Å²) < 4.78 is 5.60. The number of carbonyl (C=O) groups excluding carboxylic acids is 2. The maximum Gasteiger partial charge on any atom is 0.338 e. The van der Waals surface area contributed by atoms with Crippen LogP contribution in [-0.4, -0.2) is 41.4 Å². The summed E-state index contributed by atoms with van der Waals surface area (Å²) in [5.41, 5.74) is 0.673. The number of benzene rings is 1. The summed E-state index contributed by atoms with van der Waals surface area (Å²) in [6.07, 6.45) is 7.35. The van der Waals surface area contributed by atoms with Gasteiger partial charge < -0.3 is 4.74 Å². The van der Waals surface area contributed by atoms with Gasteiger partial charge in [-0.15, -0.1) is 0 Å². The Balaban J connectivity index is 1.44. The van der Waals surface area contributed by atoms with Crippen molar-refractivity contribution in [3.8, 4) is 0 Å². The fourth-order valence-corrected chi connectivity index (χ4v) is 5.22. The first kappa shape index (κ1) is 15.8. The summed E-state index contributed by atoms with van der Waals surface area (Å²) in [5, 5.41) is 0. The average molecular weight is 327 g/mol. The van der Waals surface area contributed by atoms with Crippen molar-refractivity contribution < 1.29 is 14.3 Å². The molecule has 2 heterocycles. The fraction of sp³-hybridized carbons (Fsp3) is 0.600. The van der Waals surface area contributed by atoms with E-state index in [0.717, 1.165) is 32.2 Å². The standard InChI is InChI=1S/C20H25NO3/c22-18-10-13-21-16(9-12-20(21)11-5-4-8-17(18)20)14-24-19(23)15-6-2-1-3-7-15/h1-3,6-7,16-17H,4-5,8-14H2. The highest BCUT2D eigenvalue weighted by molar-refractivity contribution is 5.89. The molecule has 3 unspecified atom stereocenters. The Morgan fingerprint density at radius 2 is 2.00 bits per heavy atom. The maximum atomic E-state index is 12.4. The molecule has 2 saturated heterocycles. The summed E-state index contributed by atoms with van der Waals surface area (Å²) in [4.78, 5) is 27.1. The molecule has 1 aromatic rings. The van der Waals surface area contributed by atoms with E-state index in [0.29, 0.717) is 24.4 Å². The predicted molar refractivity (Wildman–Crippen MR) is 90.8 cm³/mol. The minimum absolute atomic E-state index is 0.0669. The van der Waals surface area contributed by atoms with Gasteiger partial charge >= 0.3 is 5.97 Å². The number of hydrogen-bond donors (Lipinski definition) is 0. The Labute approximate surface area is 143 Å². The van der Waals surface area contributed by atoms with Gasteiger partial charge in [0.1, 0.15) is 12.4 Å². The molecule has 0 radical (unpaired) electrons. The van der Waals surface area contributed by atoms with Crippen LogP contribution in [0.25, 0.3) is 0 Å². The van der Waals surface area contributed by atoms with Gasteiger partial charge in [-0.05, 0) is 37.8 Å². The van der Waals surface area contributed by atoms with E-state index in [1.807, 2.05) is 18.2 Å². The summed E-state index contributed by atoms with van der Waals surface area (Å²) >= 11 is 0. The van der Waals surface area contributed by atoms with Crippen molar-refractivity contribution in [3.63, 3.8) is 0 Å². The van der Waals surface area contributed by atoms with Gasteiger partial charge in [-0.25, -0.2) is 4.79 Å². The second kappa shape index (κ2) is 6.32. The van der Waals surface area contributed by atoms with Crippen LogP contribution in [0.3, 0.4) is 0 Å². The molecule has 3 aliphatic rings. The third-order valence-electron chi connectivity index (χ3n) is 6.33. The van der Waals surface area contributed by atoms with Crippen LogP contribution >= 0.6 is 0 Å². The van der Waals surface area contributed by atoms with E-state index in [2.05, 4.69) is 4.90 Å². The van der Waals surface area contributed by atoms with Crippen molar-refractivity contribution >= 4 is 11.8 Å². The molecule has 4 nitrogen and oxygen atoms in total. The van der Waals surface area contributed by atoms with Crippen molar-refractivity contribution in [2.75, 3.05) is 13.2 Å². The smallest absolute Gasteiger partial charge is 0.338 e. The van der Waals surface area contributed by atoms with Crippen LogP contribution in [0.1, 0.15) is 55.3 Å². The topological polar surface area (TPSA) is 46.6 Å². The molecule has 128 valence electrons. The molecule has 24 heavy (non-hydrogen) atoms. The van der Waals surface area contributed by atoms with Crippen LogP contribution in [0.5, 0.6) is 0 Å². The quantitative estimate of drug-likeness (QED) is 0.800. The highest BCUT2D eigenvalue weighted by atomic mass is 16.5. The van der Waals surface area contributed by atoms with Crippen molar-refractivity contribution in [1.29, 1.82) is 0 Å². The van der Waals surface area contributed by atoms with E-state index in [-0.39, 0.29) is 23.5 Å². The SMILES string of the molecule is O=C(OCC1CCC23CCCCC2C(=O)CCN13)c1ccccc1. The number of ether oxygens (including phenoxy) is 1. The molecule has 0 amide bonds. The Bertz CT molecular complexity index is 629. The molecule has 3 fully saturated rings. The fourth-order valence-electron chi connectivity index (χ4n) is 5.22. The zero-order valence-corrected chi connectivity index (χ0v) is 14.1. The van der Waals surface area contributed by atoms with Crippen LogP contribution in [0.4, 0.5) is 0 Å². The minimum atomic E-state index is -0.246. The summed E-state index contributed by atoms with van der Waals surface area (Å²) in [6.45, 7) is 1.28. The van der Waals surface area contributed by atoms with Gasteiger partial charge in [0.15, 0.2) is 0 Å². The predicted octanol–water partition coefficient (Wildman–Crippen LogP) is 3.21. The first-order valence-electron chi connectivity index (χ1n) is 9.22. The number of carbonyl (C=O) groups is 2. The molecular formula is C20H25NO3. The van der Waals surface area contributed by atoms with Crippen molar-refractivity contribution in [2.24, 2.45) is 5.92 Å². The van der Waals surface area contributed by atoms with Gasteiger partial charge in [-0.1, -0.05) is 31.0 Å². The highest BCUT2D eigenvalue weighted by Gasteiger charge is 2.56. The zero-order chi connectivity index (χ0) is 16.6. The van der Waals surface area contributed by atoms with Crippen molar-refractivity contribution in [2.45, 2.75) is 56.5 Å². The molecule has 1 aromatic carbocycles. The number of rotatable bonds is 3.